The van der Waals surface area contributed by atoms with Crippen LogP contribution in [0.4, 0.5) is 5.82 Å². The van der Waals surface area contributed by atoms with E-state index in [2.05, 4.69) is 42.9 Å². The maximum Gasteiger partial charge on any atom is 0.251 e. The second kappa shape index (κ2) is 12.5. The number of hydrogen-bond acceptors (Lipinski definition) is 5. The number of hydrogen-bond donors (Lipinski definition) is 2. The van der Waals surface area contributed by atoms with Gasteiger partial charge in [0.15, 0.2) is 0 Å². The van der Waals surface area contributed by atoms with Crippen LogP contribution in [0.3, 0.4) is 0 Å². The molecule has 1 heterocycles. The van der Waals surface area contributed by atoms with Gasteiger partial charge in [0.1, 0.15) is 17.3 Å². The number of amides is 1. The number of pyridine rings is 1. The SMILES string of the molecule is CCC.CCN(CC)CCNC(=O)c1ccc(Oc2cc(N)nc3ccccc23)cc1. The van der Waals surface area contributed by atoms with Crippen LogP contribution in [-0.2, 0) is 0 Å². The number of nitrogens with zero attached hydrogens (tertiary/aromatic N) is 2. The molecule has 1 aromatic heterocycles. The van der Waals surface area contributed by atoms with E-state index in [4.69, 9.17) is 10.5 Å². The van der Waals surface area contributed by atoms with Crippen LogP contribution >= 0.6 is 0 Å². The van der Waals surface area contributed by atoms with Crippen molar-refractivity contribution in [3.63, 3.8) is 0 Å². The van der Waals surface area contributed by atoms with Crippen molar-refractivity contribution in [3.05, 3.63) is 60.2 Å². The van der Waals surface area contributed by atoms with Crippen molar-refractivity contribution in [2.75, 3.05) is 31.9 Å². The van der Waals surface area contributed by atoms with Gasteiger partial charge in [-0.1, -0.05) is 46.2 Å². The highest BCUT2D eigenvalue weighted by Gasteiger charge is 2.09. The summed E-state index contributed by atoms with van der Waals surface area (Å²) in [4.78, 5) is 18.9. The van der Waals surface area contributed by atoms with Gasteiger partial charge < -0.3 is 20.7 Å². The van der Waals surface area contributed by atoms with Crippen LogP contribution in [0.25, 0.3) is 10.9 Å². The first kappa shape index (κ1) is 24.2. The number of para-hydroxylation sites is 1. The van der Waals surface area contributed by atoms with E-state index in [1.165, 1.54) is 6.42 Å². The molecule has 3 aromatic rings. The number of carbonyl (C=O) groups excluding carboxylic acids is 1. The smallest absolute Gasteiger partial charge is 0.251 e. The molecule has 166 valence electrons. The Hall–Kier alpha value is -3.12. The second-order valence-corrected chi connectivity index (χ2v) is 7.18. The number of benzene rings is 2. The minimum absolute atomic E-state index is 0.0858. The lowest BCUT2D eigenvalue weighted by Crippen LogP contribution is -2.34. The van der Waals surface area contributed by atoms with Gasteiger partial charge in [-0.25, -0.2) is 4.98 Å². The zero-order valence-electron chi connectivity index (χ0n) is 19.0. The molecule has 3 N–H and O–H groups in total. The Morgan fingerprint density at radius 3 is 2.32 bits per heavy atom. The molecule has 0 aliphatic carbocycles. The zero-order chi connectivity index (χ0) is 22.6. The number of nitrogen functional groups attached to an aromatic ring is 1. The fourth-order valence-corrected chi connectivity index (χ4v) is 3.02. The van der Waals surface area contributed by atoms with E-state index in [0.29, 0.717) is 29.4 Å². The highest BCUT2D eigenvalue weighted by atomic mass is 16.5. The van der Waals surface area contributed by atoms with E-state index in [9.17, 15) is 4.79 Å². The van der Waals surface area contributed by atoms with Crippen LogP contribution in [0.5, 0.6) is 11.5 Å². The van der Waals surface area contributed by atoms with Crippen molar-refractivity contribution >= 4 is 22.6 Å². The Labute approximate surface area is 185 Å². The van der Waals surface area contributed by atoms with Crippen molar-refractivity contribution in [3.8, 4) is 11.5 Å². The molecule has 2 aromatic carbocycles. The number of rotatable bonds is 8. The summed E-state index contributed by atoms with van der Waals surface area (Å²) in [5.41, 5.74) is 7.26. The van der Waals surface area contributed by atoms with Gasteiger partial charge in [-0.05, 0) is 49.5 Å². The summed E-state index contributed by atoms with van der Waals surface area (Å²) >= 11 is 0. The number of likely N-dealkylation sites (N-methyl/N-ethyl adjacent to an activating group) is 1. The largest absolute Gasteiger partial charge is 0.457 e. The lowest BCUT2D eigenvalue weighted by atomic mass is 10.2. The third kappa shape index (κ3) is 7.26. The molecule has 6 nitrogen and oxygen atoms in total. The van der Waals surface area contributed by atoms with Gasteiger partial charge >= 0.3 is 0 Å². The minimum atomic E-state index is -0.0858. The Bertz CT molecular complexity index is 953. The quantitative estimate of drug-likeness (QED) is 0.528. The Kier molecular flexibility index (Phi) is 9.78. The maximum atomic E-state index is 12.3. The van der Waals surface area contributed by atoms with Gasteiger partial charge in [-0.2, -0.15) is 0 Å². The number of aromatic nitrogens is 1. The average molecular weight is 423 g/mol. The molecule has 31 heavy (non-hydrogen) atoms. The molecule has 0 aliphatic rings. The van der Waals surface area contributed by atoms with Crippen LogP contribution in [0.2, 0.25) is 0 Å². The summed E-state index contributed by atoms with van der Waals surface area (Å²) < 4.78 is 5.99. The van der Waals surface area contributed by atoms with Gasteiger partial charge in [0.25, 0.3) is 5.91 Å². The molecule has 0 fully saturated rings. The zero-order valence-corrected chi connectivity index (χ0v) is 19.0. The van der Waals surface area contributed by atoms with Gasteiger partial charge in [-0.15, -0.1) is 0 Å². The lowest BCUT2D eigenvalue weighted by Gasteiger charge is -2.18. The van der Waals surface area contributed by atoms with Crippen molar-refractivity contribution in [2.24, 2.45) is 0 Å². The molecule has 0 saturated carbocycles. The minimum Gasteiger partial charge on any atom is -0.457 e. The van der Waals surface area contributed by atoms with Crippen molar-refractivity contribution < 1.29 is 9.53 Å². The monoisotopic (exact) mass is 422 g/mol. The van der Waals surface area contributed by atoms with Crippen LogP contribution in [-0.4, -0.2) is 42.0 Å². The van der Waals surface area contributed by atoms with Gasteiger partial charge in [-0.3, -0.25) is 4.79 Å². The standard InChI is InChI=1S/C22H26N4O2.C3H8/c1-3-26(4-2)14-13-24-22(27)16-9-11-17(12-10-16)28-20-15-21(23)25-19-8-6-5-7-18(19)20;1-3-2/h5-12,15H,3-4,13-14H2,1-2H3,(H2,23,25)(H,24,27);3H2,1-2H3. The summed E-state index contributed by atoms with van der Waals surface area (Å²) in [5, 5.41) is 3.84. The summed E-state index contributed by atoms with van der Waals surface area (Å²) in [5.74, 6) is 1.59. The Balaban J connectivity index is 0.00000107. The number of carbonyl (C=O) groups is 1. The molecule has 0 unspecified atom stereocenters. The first-order chi connectivity index (χ1) is 15.0. The summed E-state index contributed by atoms with van der Waals surface area (Å²) in [6, 6.07) is 16.5. The van der Waals surface area contributed by atoms with Crippen LogP contribution < -0.4 is 15.8 Å². The van der Waals surface area contributed by atoms with Crippen molar-refractivity contribution in [2.45, 2.75) is 34.1 Å². The van der Waals surface area contributed by atoms with Gasteiger partial charge in [0.2, 0.25) is 0 Å². The molecule has 0 bridgehead atoms. The Morgan fingerprint density at radius 2 is 1.68 bits per heavy atom. The number of anilines is 1. The van der Waals surface area contributed by atoms with Crippen LogP contribution in [0.1, 0.15) is 44.5 Å². The number of nitrogens with two attached hydrogens (primary N) is 1. The topological polar surface area (TPSA) is 80.5 Å². The first-order valence-electron chi connectivity index (χ1n) is 11.0. The third-order valence-corrected chi connectivity index (χ3v) is 4.65. The number of nitrogens with one attached hydrogen (secondary N) is 1. The summed E-state index contributed by atoms with van der Waals surface area (Å²) in [6.45, 7) is 11.9. The van der Waals surface area contributed by atoms with E-state index < -0.39 is 0 Å². The predicted molar refractivity (Wildman–Crippen MR) is 129 cm³/mol. The molecule has 1 amide bonds. The van der Waals surface area contributed by atoms with E-state index in [-0.39, 0.29) is 5.91 Å². The molecule has 0 atom stereocenters. The first-order valence-corrected chi connectivity index (χ1v) is 11.0. The van der Waals surface area contributed by atoms with Crippen LogP contribution in [0, 0.1) is 0 Å². The number of fused-ring (bicyclic) bond motifs is 1. The van der Waals surface area contributed by atoms with E-state index in [0.717, 1.165) is 30.5 Å². The fraction of sp³-hybridized carbons (Fsp3) is 0.360. The number of ether oxygens (including phenoxy) is 1. The fourth-order valence-electron chi connectivity index (χ4n) is 3.02. The third-order valence-electron chi connectivity index (χ3n) is 4.65. The van der Waals surface area contributed by atoms with E-state index >= 15 is 0 Å². The summed E-state index contributed by atoms with van der Waals surface area (Å²) in [6.07, 6.45) is 1.25. The molecular formula is C25H34N4O2. The normalized spacial score (nSPS) is 10.5. The molecule has 0 saturated heterocycles. The van der Waals surface area contributed by atoms with Crippen molar-refractivity contribution in [1.29, 1.82) is 0 Å². The highest BCUT2D eigenvalue weighted by Crippen LogP contribution is 2.30. The van der Waals surface area contributed by atoms with Crippen LogP contribution in [0.15, 0.2) is 54.6 Å². The maximum absolute atomic E-state index is 12.3. The predicted octanol–water partition coefficient (Wildman–Crippen LogP) is 5.10. The Morgan fingerprint density at radius 1 is 1.03 bits per heavy atom. The van der Waals surface area contributed by atoms with Crippen molar-refractivity contribution in [1.82, 2.24) is 15.2 Å². The lowest BCUT2D eigenvalue weighted by molar-refractivity contribution is 0.0949. The molecule has 3 rings (SSSR count). The van der Waals surface area contributed by atoms with Gasteiger partial charge in [0, 0.05) is 30.1 Å². The molecule has 6 heteroatoms. The van der Waals surface area contributed by atoms with E-state index in [1.807, 2.05) is 24.3 Å². The highest BCUT2D eigenvalue weighted by molar-refractivity contribution is 5.94. The second-order valence-electron chi connectivity index (χ2n) is 7.18. The molecule has 0 aliphatic heterocycles. The van der Waals surface area contributed by atoms with Gasteiger partial charge in [0.05, 0.1) is 5.52 Å². The molecule has 0 spiro atoms. The molecular weight excluding hydrogens is 388 g/mol. The average Bonchev–Trinajstić information content (AvgIpc) is 2.77. The summed E-state index contributed by atoms with van der Waals surface area (Å²) in [7, 11) is 0. The molecule has 0 radical (unpaired) electrons. The van der Waals surface area contributed by atoms with E-state index in [1.54, 1.807) is 30.3 Å².